The van der Waals surface area contributed by atoms with E-state index in [1.807, 2.05) is 24.3 Å². The molecule has 0 saturated carbocycles. The molecule has 1 aliphatic carbocycles. The van der Waals surface area contributed by atoms with Crippen LogP contribution in [0.3, 0.4) is 0 Å². The zero-order valence-corrected chi connectivity index (χ0v) is 44.4. The molecule has 28 nitrogen and oxygen atoms in total. The zero-order chi connectivity index (χ0) is 58.2. The number of hydrogen-bond donors (Lipinski definition) is 15. The molecule has 11 atom stereocenters. The Morgan fingerprint density at radius 1 is 0.759 bits per heavy atom. The number of carboxylic acid groups (broad SMARTS) is 1. The molecule has 2 aliphatic heterocycles. The summed E-state index contributed by atoms with van der Waals surface area (Å²) in [6.07, 6.45) is 7.98. The molecule has 1 fully saturated rings. The largest absolute Gasteiger partial charge is 0.481 e. The number of nitrogens with one attached hydrogen (secondary N) is 9. The lowest BCUT2D eigenvalue weighted by Crippen LogP contribution is -2.62. The van der Waals surface area contributed by atoms with Crippen molar-refractivity contribution in [3.05, 3.63) is 71.8 Å². The van der Waals surface area contributed by atoms with E-state index < -0.39 is 157 Å². The Bertz CT molecular complexity index is 2730. The number of carboxylic acids is 1. The van der Waals surface area contributed by atoms with E-state index in [4.69, 9.17) is 28.0 Å². The van der Waals surface area contributed by atoms with Gasteiger partial charge in [0, 0.05) is 48.6 Å². The van der Waals surface area contributed by atoms with Crippen molar-refractivity contribution in [1.29, 1.82) is 0 Å². The molecule has 0 radical (unpaired) electrons. The van der Waals surface area contributed by atoms with Crippen LogP contribution in [0.2, 0.25) is 0 Å². The first-order chi connectivity index (χ1) is 37.5. The minimum atomic E-state index is -1.84. The van der Waals surface area contributed by atoms with Gasteiger partial charge in [0.05, 0.1) is 36.9 Å². The number of likely N-dealkylation sites (tertiary alicyclic amines) is 1. The summed E-state index contributed by atoms with van der Waals surface area (Å²) in [7, 11) is 0. The number of aliphatic hydroxyl groups excluding tert-OH is 1. The van der Waals surface area contributed by atoms with Crippen molar-refractivity contribution in [2.24, 2.45) is 40.7 Å². The van der Waals surface area contributed by atoms with Crippen molar-refractivity contribution in [2.75, 3.05) is 13.2 Å². The van der Waals surface area contributed by atoms with Crippen LogP contribution in [0.15, 0.2) is 66.3 Å². The van der Waals surface area contributed by atoms with Crippen LogP contribution < -0.4 is 65.8 Å². The van der Waals surface area contributed by atoms with Gasteiger partial charge in [-0.3, -0.25) is 57.7 Å². The number of aromatic nitrogens is 1. The summed E-state index contributed by atoms with van der Waals surface area (Å²) in [5, 5.41) is 36.3. The average molecular weight is 1100 g/mol. The third kappa shape index (κ3) is 16.6. The molecule has 1 saturated heterocycles. The minimum Gasteiger partial charge on any atom is -0.481 e. The lowest BCUT2D eigenvalue weighted by molar-refractivity contribution is -0.144. The Morgan fingerprint density at radius 3 is 1.95 bits per heavy atom. The van der Waals surface area contributed by atoms with Gasteiger partial charge in [-0.05, 0) is 48.8 Å². The van der Waals surface area contributed by atoms with Gasteiger partial charge in [-0.1, -0.05) is 70.9 Å². The van der Waals surface area contributed by atoms with Crippen molar-refractivity contribution in [2.45, 2.75) is 134 Å². The maximum absolute atomic E-state index is 15.2. The Kier molecular flexibility index (Phi) is 22.0. The fourth-order valence-corrected chi connectivity index (χ4v) is 9.17. The third-order valence-electron chi connectivity index (χ3n) is 14.2. The Balaban J connectivity index is 1.44. The van der Waals surface area contributed by atoms with Gasteiger partial charge in [0.15, 0.2) is 0 Å². The quantitative estimate of drug-likeness (QED) is 0.0359. The number of carbonyl (C=O) groups excluding carboxylic acids is 10. The van der Waals surface area contributed by atoms with Gasteiger partial charge in [-0.25, -0.2) is 0 Å². The number of aliphatic hydroxyl groups is 1. The van der Waals surface area contributed by atoms with Crippen LogP contribution in [0.1, 0.15) is 84.6 Å². The molecule has 28 heteroatoms. The smallest absolute Gasteiger partial charge is 0.303 e. The van der Waals surface area contributed by atoms with Crippen LogP contribution in [-0.2, 0) is 59.2 Å². The van der Waals surface area contributed by atoms with Crippen molar-refractivity contribution in [3.63, 3.8) is 0 Å². The molecular formula is C51H73N15O13. The number of primary amides is 3. The molecule has 2 aromatic rings. The highest BCUT2D eigenvalue weighted by atomic mass is 16.4. The monoisotopic (exact) mass is 1100 g/mol. The summed E-state index contributed by atoms with van der Waals surface area (Å²) in [4.78, 5) is 152. The number of para-hydroxylation sites is 1. The van der Waals surface area contributed by atoms with Crippen molar-refractivity contribution in [1.82, 2.24) is 57.8 Å². The molecule has 19 N–H and O–H groups in total. The summed E-state index contributed by atoms with van der Waals surface area (Å²) >= 11 is 0. The fourth-order valence-electron chi connectivity index (χ4n) is 9.17. The highest BCUT2D eigenvalue weighted by Gasteiger charge is 2.46. The number of allylic oxidation sites excluding steroid dienone is 3. The molecule has 1 aromatic carbocycles. The van der Waals surface area contributed by atoms with Gasteiger partial charge in [0.25, 0.3) is 0 Å². The van der Waals surface area contributed by atoms with E-state index in [0.29, 0.717) is 24.1 Å². The van der Waals surface area contributed by atoms with Gasteiger partial charge in [-0.2, -0.15) is 0 Å². The first kappa shape index (κ1) is 61.5. The number of aliphatic carboxylic acids is 1. The molecule has 10 amide bonds. The number of nitrogens with two attached hydrogens (primary N) is 4. The zero-order valence-electron chi connectivity index (χ0n) is 44.4. The third-order valence-corrected chi connectivity index (χ3v) is 14.2. The van der Waals surface area contributed by atoms with Crippen molar-refractivity contribution < 1.29 is 63.0 Å². The summed E-state index contributed by atoms with van der Waals surface area (Å²) in [6, 6.07) is -4.81. The average Bonchev–Trinajstić information content (AvgIpc) is 4.31. The second-order valence-electron chi connectivity index (χ2n) is 19.9. The molecule has 1 aromatic heterocycles. The molecule has 5 rings (SSSR count). The number of hydrogen-bond acceptors (Lipinski definition) is 16. The van der Waals surface area contributed by atoms with E-state index in [-0.39, 0.29) is 32.2 Å². The predicted molar refractivity (Wildman–Crippen MR) is 283 cm³/mol. The summed E-state index contributed by atoms with van der Waals surface area (Å²) in [5.74, 6) is -12.8. The number of amides is 10. The number of carbonyl (C=O) groups is 11. The first-order valence-corrected chi connectivity index (χ1v) is 26.0. The number of fused-ring (bicyclic) bond motifs is 1. The molecule has 0 spiro atoms. The van der Waals surface area contributed by atoms with Crippen LogP contribution >= 0.6 is 0 Å². The minimum absolute atomic E-state index is 0.0175. The molecule has 3 aliphatic rings. The van der Waals surface area contributed by atoms with Crippen LogP contribution in [0.25, 0.3) is 10.9 Å². The van der Waals surface area contributed by atoms with E-state index in [1.54, 1.807) is 63.3 Å². The van der Waals surface area contributed by atoms with E-state index in [1.165, 1.54) is 4.90 Å². The molecule has 1 unspecified atom stereocenters. The number of aromatic amines is 1. The topological polar surface area (TPSA) is 451 Å². The van der Waals surface area contributed by atoms with Crippen LogP contribution in [0.4, 0.5) is 0 Å². The number of H-pyrrole nitrogens is 1. The number of rotatable bonds is 30. The lowest BCUT2D eigenvalue weighted by atomic mass is 9.96. The second kappa shape index (κ2) is 28.3. The van der Waals surface area contributed by atoms with Crippen LogP contribution in [0, 0.1) is 17.8 Å². The van der Waals surface area contributed by atoms with Crippen molar-refractivity contribution >= 4 is 75.9 Å². The molecule has 430 valence electrons. The Hall–Kier alpha value is -8.37. The van der Waals surface area contributed by atoms with Crippen molar-refractivity contribution in [3.8, 4) is 0 Å². The van der Waals surface area contributed by atoms with E-state index in [0.717, 1.165) is 16.6 Å². The van der Waals surface area contributed by atoms with Gasteiger partial charge < -0.3 is 80.4 Å². The highest BCUT2D eigenvalue weighted by molar-refractivity contribution is 6.00. The second-order valence-corrected chi connectivity index (χ2v) is 19.9. The number of nitrogens with zero attached hydrogens (tertiary/aromatic N) is 2. The summed E-state index contributed by atoms with van der Waals surface area (Å²) < 4.78 is 0. The highest BCUT2D eigenvalue weighted by Crippen LogP contribution is 2.32. The molecule has 0 bridgehead atoms. The van der Waals surface area contributed by atoms with Gasteiger partial charge >= 0.3 is 5.97 Å². The SMILES string of the molecule is CC[C@H](C)[C@H](NC(=O)[C@@H](N)CCC(=O)O)C(=O)N[C@@H](CC(N)=O)C(=O)N[C@@H](CC(N)=O)C(=O)N[C@H](C(=O)N1CC(C2=CN(C3=CCC=C3)NN2)C[C@H]1C(=O)N[C@@H](Cc1c[nH]c2ccccc12)C(=O)N[C@@H](CO)C(N)=O)[C@@H](C)CC. The number of benzene rings is 1. The van der Waals surface area contributed by atoms with Crippen LogP contribution in [0.5, 0.6) is 0 Å². The standard InChI is InChI=1S/C51H73N15O13/c1-5-25(3)42(61-45(73)31(52)15-16-41(70)71)50(78)59-34(19-39(53)68)47(75)57-35(20-40(54)69)48(76)62-43(26(4)6-2)51(79)65-22-28(36-23-66(64-63-36)29-11-7-8-12-29)18-38(65)49(77)58-33(46(74)60-37(24-67)44(55)72)17-27-21-56-32-14-10-9-13-30(27)32/h7,9-14,21,23,25-26,28,31,33-35,37-38,42-43,56,63-64,67H,5-6,8,15-20,22,24,52H2,1-4H3,(H2,53,68)(H2,54,69)(H2,55,72)(H,57,75)(H,58,77)(H,59,78)(H,60,74)(H,61,73)(H,62,76)(H,70,71)/t25-,26-,28?,31-,33-,34-,35-,37-,38-,42-,43-/m0/s1. The van der Waals surface area contributed by atoms with Gasteiger partial charge in [0.2, 0.25) is 59.1 Å². The fraction of sp³-hybridized carbons (Fsp3) is 0.510. The van der Waals surface area contributed by atoms with Gasteiger partial charge in [-0.15, -0.1) is 5.53 Å². The molecular weight excluding hydrogens is 1030 g/mol. The normalized spacial score (nSPS) is 19.2. The summed E-state index contributed by atoms with van der Waals surface area (Å²) in [6.45, 7) is 5.72. The molecule has 79 heavy (non-hydrogen) atoms. The van der Waals surface area contributed by atoms with Gasteiger partial charge in [0.1, 0.15) is 42.3 Å². The maximum atomic E-state index is 15.2. The predicted octanol–water partition coefficient (Wildman–Crippen LogP) is -3.64. The van der Waals surface area contributed by atoms with E-state index in [2.05, 4.69) is 47.8 Å². The van der Waals surface area contributed by atoms with E-state index in [9.17, 15) is 53.1 Å². The Morgan fingerprint density at radius 2 is 1.35 bits per heavy atom. The Labute approximate surface area is 455 Å². The van der Waals surface area contributed by atoms with Crippen LogP contribution in [-0.4, -0.2) is 152 Å². The maximum Gasteiger partial charge on any atom is 0.303 e. The molecule has 3 heterocycles. The lowest BCUT2D eigenvalue weighted by Gasteiger charge is -2.33. The first-order valence-electron chi connectivity index (χ1n) is 26.0. The summed E-state index contributed by atoms with van der Waals surface area (Å²) in [5.41, 5.74) is 31.3. The number of hydrazine groups is 2. The van der Waals surface area contributed by atoms with E-state index >= 15 is 4.79 Å².